The molecule has 6 aliphatic rings. The van der Waals surface area contributed by atoms with Gasteiger partial charge in [-0.1, -0.05) is 83.3 Å². The molecule has 99 heavy (non-hydrogen) atoms. The fraction of sp³-hybridized carbons (Fsp3) is 0.324. The zero-order valence-electron chi connectivity index (χ0n) is 55.0. The second-order valence-corrected chi connectivity index (χ2v) is 29.0. The van der Waals surface area contributed by atoms with E-state index in [-0.39, 0.29) is 53.9 Å². The smallest absolute Gasteiger partial charge is 0.290 e. The first kappa shape index (κ1) is 72.8. The number of carbonyl (C=O) groups is 4. The molecule has 6 aromatic carbocycles. The predicted molar refractivity (Wildman–Crippen MR) is 391 cm³/mol. The second-order valence-electron chi connectivity index (χ2n) is 23.6. The van der Waals surface area contributed by atoms with Gasteiger partial charge in [-0.25, -0.2) is 37.2 Å². The largest absolute Gasteiger partial charge is 0.483 e. The number of hydrogen-bond donors (Lipinski definition) is 5. The first-order valence-corrected chi connectivity index (χ1v) is 38.2. The lowest BCUT2D eigenvalue weighted by Crippen LogP contribution is -2.44. The van der Waals surface area contributed by atoms with Gasteiger partial charge in [0.05, 0.1) is 65.8 Å². The number of carboxylic acid groups (broad SMARTS) is 2. The van der Waals surface area contributed by atoms with Crippen molar-refractivity contribution in [2.75, 3.05) is 161 Å². The number of ether oxygens (including phenoxy) is 3. The Morgan fingerprint density at radius 3 is 1.24 bits per heavy atom. The number of amides is 2. The Balaban J connectivity index is 0.000000153. The molecule has 1 unspecified atom stereocenters. The van der Waals surface area contributed by atoms with Crippen molar-refractivity contribution in [1.82, 2.24) is 27.0 Å². The fourth-order valence-corrected chi connectivity index (χ4v) is 16.7. The maximum atomic E-state index is 13.8. The number of nitrogens with one attached hydrogen (secondary N) is 3. The number of nitrogens with zero attached hydrogens (tertiary/aromatic N) is 9. The van der Waals surface area contributed by atoms with Crippen molar-refractivity contribution >= 4 is 144 Å². The third kappa shape index (κ3) is 16.0. The average Bonchev–Trinajstić information content (AvgIpc) is 1.63. The molecule has 27 nitrogen and oxygen atoms in total. The molecule has 9 aromatic rings. The summed E-state index contributed by atoms with van der Waals surface area (Å²) >= 11 is 2.15. The van der Waals surface area contributed by atoms with Crippen molar-refractivity contribution in [3.05, 3.63) is 152 Å². The van der Waals surface area contributed by atoms with Gasteiger partial charge in [0.15, 0.2) is 13.2 Å². The zero-order valence-corrected chi connectivity index (χ0v) is 59.6. The molecule has 4 saturated heterocycles. The number of halogens is 1. The van der Waals surface area contributed by atoms with Gasteiger partial charge in [0.25, 0.3) is 54.8 Å². The normalized spacial score (nSPS) is 17.2. The summed E-state index contributed by atoms with van der Waals surface area (Å²) in [5.74, 6) is 0.187. The maximum absolute atomic E-state index is 13.8. The second kappa shape index (κ2) is 32.4. The van der Waals surface area contributed by atoms with E-state index in [2.05, 4.69) is 82.0 Å². The topological polar surface area (TPSA) is 309 Å². The van der Waals surface area contributed by atoms with Gasteiger partial charge in [0.2, 0.25) is 0 Å². The van der Waals surface area contributed by atoms with Crippen molar-refractivity contribution in [1.29, 1.82) is 0 Å². The molecule has 3 aromatic heterocycles. The SMILES string of the molecule is CI.CN1CCN(c2cn(S(=O)(=O)c3ccc4c(c3)OCC(=O)N4)c3ccccc23)CC1.COC1CCN(c2cccc(S(=O)(=O)n3cc(N4CCN(C)CC4)c4ccccc43)c2)C1.O=C1COc2cc(S(=O)(=O)n3cc(N4CCNCC4)c4ccccc43)ccc2N1.O=CO.O=CO. The maximum Gasteiger partial charge on any atom is 0.290 e. The summed E-state index contributed by atoms with van der Waals surface area (Å²) in [4.78, 5) is 55.6. The summed E-state index contributed by atoms with van der Waals surface area (Å²) in [7, 11) is -5.51. The summed E-state index contributed by atoms with van der Waals surface area (Å²) in [6, 6.07) is 39.1. The number of rotatable bonds is 11. The predicted octanol–water partition coefficient (Wildman–Crippen LogP) is 6.89. The van der Waals surface area contributed by atoms with E-state index < -0.39 is 30.1 Å². The molecule has 15 rings (SSSR count). The molecule has 0 spiro atoms. The van der Waals surface area contributed by atoms with E-state index in [1.807, 2.05) is 89.9 Å². The van der Waals surface area contributed by atoms with Gasteiger partial charge in [-0.05, 0) is 86.1 Å². The number of piperazine rings is 3. The van der Waals surface area contributed by atoms with Gasteiger partial charge in [0, 0.05) is 151 Å². The van der Waals surface area contributed by atoms with E-state index in [0.717, 1.165) is 137 Å². The number of para-hydroxylation sites is 3. The highest BCUT2D eigenvalue weighted by atomic mass is 127. The van der Waals surface area contributed by atoms with E-state index in [0.29, 0.717) is 44.3 Å². The van der Waals surface area contributed by atoms with Gasteiger partial charge in [-0.15, -0.1) is 0 Å². The molecule has 5 N–H and O–H groups in total. The lowest BCUT2D eigenvalue weighted by Gasteiger charge is -2.33. The van der Waals surface area contributed by atoms with Crippen molar-refractivity contribution < 1.29 is 68.9 Å². The van der Waals surface area contributed by atoms with Crippen LogP contribution in [0, 0.1) is 0 Å². The summed E-state index contributed by atoms with van der Waals surface area (Å²) in [6.45, 7) is 11.5. The van der Waals surface area contributed by atoms with Crippen LogP contribution in [0.2, 0.25) is 0 Å². The molecular formula is C68H79IN12O15S3. The number of carbonyl (C=O) groups excluding carboxylic acids is 2. The van der Waals surface area contributed by atoms with E-state index in [1.54, 1.807) is 50.0 Å². The van der Waals surface area contributed by atoms with Crippen molar-refractivity contribution in [3.8, 4) is 11.5 Å². The molecular weight excluding hydrogens is 1450 g/mol. The minimum absolute atomic E-state index is 0.111. The van der Waals surface area contributed by atoms with Crippen LogP contribution in [-0.2, 0) is 54.0 Å². The quantitative estimate of drug-likeness (QED) is 0.0500. The monoisotopic (exact) mass is 1530 g/mol. The number of likely N-dealkylation sites (N-methyl/N-ethyl adjacent to an activating group) is 2. The number of hydrogen-bond acceptors (Lipinski definition) is 20. The Bertz CT molecular complexity index is 4710. The Morgan fingerprint density at radius 2 is 0.859 bits per heavy atom. The highest BCUT2D eigenvalue weighted by Gasteiger charge is 2.31. The van der Waals surface area contributed by atoms with Gasteiger partial charge >= 0.3 is 0 Å². The molecule has 0 saturated carbocycles. The number of alkyl halides is 1. The molecule has 9 heterocycles. The zero-order chi connectivity index (χ0) is 70.6. The Labute approximate surface area is 588 Å². The molecule has 31 heteroatoms. The van der Waals surface area contributed by atoms with Crippen LogP contribution < -0.4 is 45.0 Å². The van der Waals surface area contributed by atoms with Gasteiger partial charge in [-0.3, -0.25) is 19.2 Å². The summed E-state index contributed by atoms with van der Waals surface area (Å²) in [6.07, 6.45) is 6.36. The molecule has 2 amide bonds. The molecule has 1 atom stereocenters. The first-order chi connectivity index (χ1) is 47.8. The van der Waals surface area contributed by atoms with Gasteiger partial charge < -0.3 is 69.8 Å². The Morgan fingerprint density at radius 1 is 0.485 bits per heavy atom. The number of fused-ring (bicyclic) bond motifs is 5. The van der Waals surface area contributed by atoms with Crippen LogP contribution in [0.1, 0.15) is 6.42 Å². The molecule has 6 aliphatic heterocycles. The van der Waals surface area contributed by atoms with E-state index in [4.69, 9.17) is 34.0 Å². The molecule has 0 bridgehead atoms. The number of methoxy groups -OCH3 is 1. The highest BCUT2D eigenvalue weighted by Crippen LogP contribution is 2.39. The van der Waals surface area contributed by atoms with Crippen LogP contribution in [0.25, 0.3) is 32.7 Å². The van der Waals surface area contributed by atoms with Crippen LogP contribution >= 0.6 is 22.6 Å². The summed E-state index contributed by atoms with van der Waals surface area (Å²) in [5, 5.41) is 25.2. The van der Waals surface area contributed by atoms with E-state index >= 15 is 0 Å². The Kier molecular flexibility index (Phi) is 23.8. The average molecular weight is 1530 g/mol. The highest BCUT2D eigenvalue weighted by molar-refractivity contribution is 14.1. The van der Waals surface area contributed by atoms with E-state index in [9.17, 15) is 34.8 Å². The lowest BCUT2D eigenvalue weighted by molar-refractivity contribution is -0.123. The van der Waals surface area contributed by atoms with E-state index in [1.165, 1.54) is 36.2 Å². The van der Waals surface area contributed by atoms with Crippen LogP contribution in [0.15, 0.2) is 167 Å². The van der Waals surface area contributed by atoms with Gasteiger partial charge in [-0.2, -0.15) is 0 Å². The number of anilines is 6. The minimum atomic E-state index is -3.85. The fourth-order valence-electron chi connectivity index (χ4n) is 12.5. The Hall–Kier alpha value is -8.96. The number of aromatic nitrogens is 3. The summed E-state index contributed by atoms with van der Waals surface area (Å²) in [5.41, 5.74) is 6.66. The van der Waals surface area contributed by atoms with Crippen LogP contribution in [0.4, 0.5) is 34.1 Å². The molecule has 4 fully saturated rings. The van der Waals surface area contributed by atoms with Crippen molar-refractivity contribution in [2.24, 2.45) is 0 Å². The third-order valence-corrected chi connectivity index (χ3v) is 22.6. The number of benzene rings is 6. The standard InChI is InChI=1S/C24H30N4O3S.C21H22N4O4S.C20H20N4O4S.CH3I.2CH2O2/c1-25-12-14-26(15-13-25)24-18-28(23-9-4-3-8-22(23)24)32(29,30)21-7-5-6-19(16-21)27-11-10-20(17-27)31-2;1-23-8-10-24(11-9-23)19-13-25(18-5-3-2-4-16(18)19)30(27,28)15-6-7-17-20(12-15)29-14-21(26)22-17;25-20-13-28-19-11-14(5-6-16(19)22-20)29(26,27)24-12-18(23-9-7-21-8-10-23)15-3-1-2-4-17(15)24;1-2;2*2-1-3/h3-9,16,18,20H,10-15,17H2,1-2H3;2-7,12-13H,8-11,14H2,1H3,(H,22,26);1-6,11-12,21H,7-10,13H2,(H,22,25);1H3;2*1H,(H,2,3). The van der Waals surface area contributed by atoms with Crippen molar-refractivity contribution in [3.63, 3.8) is 0 Å². The molecule has 0 radical (unpaired) electrons. The van der Waals surface area contributed by atoms with Crippen molar-refractivity contribution in [2.45, 2.75) is 27.2 Å². The van der Waals surface area contributed by atoms with Crippen LogP contribution in [-0.4, -0.2) is 219 Å². The first-order valence-electron chi connectivity index (χ1n) is 31.7. The molecule has 0 aliphatic carbocycles. The van der Waals surface area contributed by atoms with Gasteiger partial charge in [0.1, 0.15) is 11.5 Å². The lowest BCUT2D eigenvalue weighted by atomic mass is 10.2. The third-order valence-electron chi connectivity index (χ3n) is 17.6. The minimum Gasteiger partial charge on any atom is -0.483 e. The van der Waals surface area contributed by atoms with Crippen LogP contribution in [0.3, 0.4) is 0 Å². The summed E-state index contributed by atoms with van der Waals surface area (Å²) < 4.78 is 102. The van der Waals surface area contributed by atoms with Crippen LogP contribution in [0.5, 0.6) is 11.5 Å². The molecule has 526 valence electrons.